The molecule has 0 bridgehead atoms. The van der Waals surface area contributed by atoms with E-state index in [1.807, 2.05) is 0 Å². The first-order chi connectivity index (χ1) is 28.8. The van der Waals surface area contributed by atoms with Gasteiger partial charge in [-0.25, -0.2) is 0 Å². The third kappa shape index (κ3) is 33.6. The third-order valence-corrected chi connectivity index (χ3v) is 12.8. The molecule has 0 unspecified atom stereocenters. The number of ether oxygens (including phenoxy) is 3. The van der Waals surface area contributed by atoms with Crippen LogP contribution in [0.4, 0.5) is 0 Å². The minimum Gasteiger partial charge on any atom is -0.466 e. The fourth-order valence-electron chi connectivity index (χ4n) is 8.63. The molecule has 0 saturated carbocycles. The lowest BCUT2D eigenvalue weighted by atomic mass is 9.92. The molecule has 1 heterocycles. The molecule has 0 aromatic heterocycles. The molecule has 8 nitrogen and oxygen atoms in total. The fraction of sp³-hybridized carbons (Fsp3) is 0.941. The lowest BCUT2D eigenvalue weighted by molar-refractivity contribution is -0.150. The van der Waals surface area contributed by atoms with E-state index in [4.69, 9.17) is 14.2 Å². The molecule has 59 heavy (non-hydrogen) atoms. The summed E-state index contributed by atoms with van der Waals surface area (Å²) in [5.41, 5.74) is 0. The van der Waals surface area contributed by atoms with Crippen LogP contribution >= 0.6 is 0 Å². The summed E-state index contributed by atoms with van der Waals surface area (Å²) in [4.78, 5) is 43.2. The molecule has 0 atom stereocenters. The van der Waals surface area contributed by atoms with Gasteiger partial charge in [0.1, 0.15) is 6.61 Å². The highest BCUT2D eigenvalue weighted by molar-refractivity contribution is 5.72. The summed E-state index contributed by atoms with van der Waals surface area (Å²) >= 11 is 0. The van der Waals surface area contributed by atoms with Crippen LogP contribution in [0.15, 0.2) is 0 Å². The van der Waals surface area contributed by atoms with Crippen molar-refractivity contribution in [2.24, 2.45) is 17.8 Å². The number of hydrogen-bond donors (Lipinski definition) is 0. The zero-order valence-corrected chi connectivity index (χ0v) is 39.9. The number of hydrogen-bond acceptors (Lipinski definition) is 8. The minimum absolute atomic E-state index is 0.00121. The van der Waals surface area contributed by atoms with E-state index in [-0.39, 0.29) is 23.8 Å². The van der Waals surface area contributed by atoms with Crippen LogP contribution in [0, 0.1) is 17.8 Å². The van der Waals surface area contributed by atoms with Crippen molar-refractivity contribution < 1.29 is 28.6 Å². The maximum absolute atomic E-state index is 13.3. The number of unbranched alkanes of at least 4 members (excludes halogenated alkanes) is 18. The molecule has 0 amide bonds. The zero-order valence-electron chi connectivity index (χ0n) is 39.9. The number of likely N-dealkylation sites (N-methyl/N-ethyl adjacent to an activating group) is 1. The van der Waals surface area contributed by atoms with E-state index in [2.05, 4.69) is 44.5 Å². The van der Waals surface area contributed by atoms with E-state index in [1.54, 1.807) is 0 Å². The van der Waals surface area contributed by atoms with Crippen LogP contribution in [0.1, 0.15) is 233 Å². The summed E-state index contributed by atoms with van der Waals surface area (Å²) < 4.78 is 17.2. The summed E-state index contributed by atoms with van der Waals surface area (Å²) in [6.07, 6.45) is 35.4. The van der Waals surface area contributed by atoms with E-state index in [9.17, 15) is 14.4 Å². The van der Waals surface area contributed by atoms with E-state index in [1.165, 1.54) is 77.0 Å². The Morgan fingerprint density at radius 3 is 1.17 bits per heavy atom. The molecule has 8 heteroatoms. The fourth-order valence-corrected chi connectivity index (χ4v) is 8.63. The Labute approximate surface area is 365 Å². The average Bonchev–Trinajstić information content (AvgIpc) is 3.22. The van der Waals surface area contributed by atoms with Crippen LogP contribution in [0.2, 0.25) is 0 Å². The molecule has 1 rings (SSSR count). The van der Waals surface area contributed by atoms with Gasteiger partial charge in [-0.05, 0) is 70.3 Å². The Bertz CT molecular complexity index is 894. The van der Waals surface area contributed by atoms with Gasteiger partial charge < -0.3 is 19.1 Å². The predicted molar refractivity (Wildman–Crippen MR) is 248 cm³/mol. The van der Waals surface area contributed by atoms with Crippen LogP contribution in [0.5, 0.6) is 0 Å². The zero-order chi connectivity index (χ0) is 43.0. The molecular weight excluding hydrogens is 737 g/mol. The van der Waals surface area contributed by atoms with Crippen molar-refractivity contribution in [3.05, 3.63) is 0 Å². The van der Waals surface area contributed by atoms with Gasteiger partial charge in [-0.15, -0.1) is 0 Å². The van der Waals surface area contributed by atoms with Gasteiger partial charge in [0, 0.05) is 45.6 Å². The maximum Gasteiger partial charge on any atom is 0.308 e. The summed E-state index contributed by atoms with van der Waals surface area (Å²) in [6, 6.07) is 0. The first kappa shape index (κ1) is 55.3. The number of rotatable bonds is 42. The monoisotopic (exact) mass is 835 g/mol. The highest BCUT2D eigenvalue weighted by Gasteiger charge is 2.21. The first-order valence-electron chi connectivity index (χ1n) is 25.7. The van der Waals surface area contributed by atoms with E-state index < -0.39 is 0 Å². The molecule has 0 aromatic rings. The number of piperazine rings is 1. The van der Waals surface area contributed by atoms with Crippen molar-refractivity contribution in [3.8, 4) is 0 Å². The van der Waals surface area contributed by atoms with Crippen molar-refractivity contribution in [2.75, 3.05) is 59.6 Å². The topological polar surface area (TPSA) is 85.4 Å². The predicted octanol–water partition coefficient (Wildman–Crippen LogP) is 13.3. The molecular formula is C51H98N2O6. The van der Waals surface area contributed by atoms with Crippen LogP contribution in [0.25, 0.3) is 0 Å². The Balaban J connectivity index is 2.33. The van der Waals surface area contributed by atoms with Gasteiger partial charge >= 0.3 is 17.9 Å². The van der Waals surface area contributed by atoms with Crippen molar-refractivity contribution in [1.82, 2.24) is 9.80 Å². The molecule has 1 saturated heterocycles. The quantitative estimate of drug-likeness (QED) is 0.0341. The number of nitrogens with zero attached hydrogens (tertiary/aromatic N) is 2. The highest BCUT2D eigenvalue weighted by Crippen LogP contribution is 2.24. The Hall–Kier alpha value is -1.67. The maximum atomic E-state index is 13.3. The second kappa shape index (κ2) is 40.4. The molecule has 0 aliphatic carbocycles. The Kier molecular flexibility index (Phi) is 37.9. The smallest absolute Gasteiger partial charge is 0.308 e. The number of carbonyl (C=O) groups excluding carboxylic acids is 3. The summed E-state index contributed by atoms with van der Waals surface area (Å²) in [7, 11) is 2.17. The molecule has 0 aromatic carbocycles. The van der Waals surface area contributed by atoms with Crippen LogP contribution in [-0.2, 0) is 28.6 Å². The minimum atomic E-state index is -0.0122. The van der Waals surface area contributed by atoms with Crippen LogP contribution in [-0.4, -0.2) is 87.3 Å². The summed E-state index contributed by atoms with van der Waals surface area (Å²) in [5.74, 6) is 0.946. The van der Waals surface area contributed by atoms with E-state index >= 15 is 0 Å². The van der Waals surface area contributed by atoms with Crippen molar-refractivity contribution in [3.63, 3.8) is 0 Å². The van der Waals surface area contributed by atoms with Crippen molar-refractivity contribution in [1.29, 1.82) is 0 Å². The number of carbonyl (C=O) groups is 3. The summed E-state index contributed by atoms with van der Waals surface area (Å²) in [5, 5.41) is 0. The lowest BCUT2D eigenvalue weighted by Gasteiger charge is -2.32. The lowest BCUT2D eigenvalue weighted by Crippen LogP contribution is -2.45. The molecule has 1 fully saturated rings. The second-order valence-corrected chi connectivity index (χ2v) is 18.4. The standard InChI is InChI=1S/C51H98N2O6/c1-6-10-22-30-46(31-23-11-7-2)44-49(54)57-41-28-20-16-14-18-26-34-48(51(56)59-43-40-53-38-36-52(5)37-39-53)35-27-19-15-17-21-29-42-58-50(55)45-47(32-24-12-8-3)33-25-13-9-4/h46-48H,6-45H2,1-5H3. The van der Waals surface area contributed by atoms with Gasteiger partial charge in [-0.2, -0.15) is 0 Å². The van der Waals surface area contributed by atoms with Crippen LogP contribution < -0.4 is 0 Å². The third-order valence-electron chi connectivity index (χ3n) is 12.8. The van der Waals surface area contributed by atoms with E-state index in [0.717, 1.165) is 148 Å². The van der Waals surface area contributed by atoms with Gasteiger partial charge in [0.05, 0.1) is 19.1 Å². The number of esters is 3. The molecule has 0 radical (unpaired) electrons. The van der Waals surface area contributed by atoms with Crippen molar-refractivity contribution >= 4 is 17.9 Å². The molecule has 1 aliphatic heterocycles. The molecule has 1 aliphatic rings. The average molecular weight is 835 g/mol. The highest BCUT2D eigenvalue weighted by atomic mass is 16.5. The van der Waals surface area contributed by atoms with Gasteiger partial charge in [0.2, 0.25) is 0 Å². The molecule has 0 spiro atoms. The second-order valence-electron chi connectivity index (χ2n) is 18.4. The van der Waals surface area contributed by atoms with Gasteiger partial charge in [0.15, 0.2) is 0 Å². The van der Waals surface area contributed by atoms with Gasteiger partial charge in [-0.3, -0.25) is 19.3 Å². The van der Waals surface area contributed by atoms with E-state index in [0.29, 0.717) is 44.5 Å². The molecule has 0 N–H and O–H groups in total. The van der Waals surface area contributed by atoms with Crippen molar-refractivity contribution in [2.45, 2.75) is 233 Å². The van der Waals surface area contributed by atoms with Gasteiger partial charge in [0.25, 0.3) is 0 Å². The van der Waals surface area contributed by atoms with Crippen LogP contribution in [0.3, 0.4) is 0 Å². The SMILES string of the molecule is CCCCCC(CCCCC)CC(=O)OCCCCCCCCC(CCCCCCCCOC(=O)CC(CCCCC)CCCCC)C(=O)OCCN1CCN(C)CC1. The largest absolute Gasteiger partial charge is 0.466 e. The summed E-state index contributed by atoms with van der Waals surface area (Å²) in [6.45, 7) is 15.6. The van der Waals surface area contributed by atoms with Gasteiger partial charge in [-0.1, -0.05) is 169 Å². The first-order valence-corrected chi connectivity index (χ1v) is 25.7. The molecule has 348 valence electrons. The Morgan fingerprint density at radius 2 is 0.780 bits per heavy atom. The Morgan fingerprint density at radius 1 is 0.424 bits per heavy atom. The normalized spacial score (nSPS) is 13.8.